The summed E-state index contributed by atoms with van der Waals surface area (Å²) in [6.45, 7) is 1.89. The molecule has 2 aromatic rings. The van der Waals surface area contributed by atoms with E-state index in [2.05, 4.69) is 10.3 Å². The summed E-state index contributed by atoms with van der Waals surface area (Å²) >= 11 is 1.18. The summed E-state index contributed by atoms with van der Waals surface area (Å²) in [6.07, 6.45) is 2.03. The minimum absolute atomic E-state index is 0.0170. The van der Waals surface area contributed by atoms with Crippen LogP contribution >= 0.6 is 11.3 Å². The van der Waals surface area contributed by atoms with Crippen molar-refractivity contribution in [1.29, 1.82) is 0 Å². The number of nitrogens with one attached hydrogen (secondary N) is 1. The van der Waals surface area contributed by atoms with Gasteiger partial charge in [-0.25, -0.2) is 9.37 Å². The Morgan fingerprint density at radius 3 is 2.89 bits per heavy atom. The number of rotatable bonds is 3. The molecule has 1 aliphatic heterocycles. The smallest absolute Gasteiger partial charge is 0.231 e. The largest absolute Gasteiger partial charge is 0.309 e. The number of halogens is 1. The van der Waals surface area contributed by atoms with Gasteiger partial charge in [-0.1, -0.05) is 17.4 Å². The van der Waals surface area contributed by atoms with Crippen molar-refractivity contribution in [3.8, 4) is 0 Å². The van der Waals surface area contributed by atoms with Crippen molar-refractivity contribution in [1.82, 2.24) is 4.98 Å². The van der Waals surface area contributed by atoms with E-state index in [-0.39, 0.29) is 36.3 Å². The van der Waals surface area contributed by atoms with Crippen molar-refractivity contribution < 1.29 is 18.8 Å². The number of ketones is 1. The quantitative estimate of drug-likeness (QED) is 0.878. The predicted molar refractivity (Wildman–Crippen MR) is 99.6 cm³/mol. The molecule has 1 fully saturated rings. The van der Waals surface area contributed by atoms with Gasteiger partial charge in [0, 0.05) is 19.4 Å². The first-order valence-electron chi connectivity index (χ1n) is 8.82. The molecule has 1 aliphatic carbocycles. The maximum atomic E-state index is 14.2. The van der Waals surface area contributed by atoms with E-state index < -0.39 is 11.7 Å². The van der Waals surface area contributed by atoms with E-state index in [1.165, 1.54) is 22.3 Å². The number of aryl methyl sites for hydroxylation is 2. The fraction of sp³-hybridized carbons (Fsp3) is 0.368. The van der Waals surface area contributed by atoms with Crippen LogP contribution in [0, 0.1) is 18.7 Å². The molecule has 0 saturated carbocycles. The zero-order chi connectivity index (χ0) is 19.1. The average Bonchev–Trinajstić information content (AvgIpc) is 3.19. The van der Waals surface area contributed by atoms with Crippen LogP contribution in [0.15, 0.2) is 18.2 Å². The van der Waals surface area contributed by atoms with E-state index in [0.717, 1.165) is 24.1 Å². The van der Waals surface area contributed by atoms with Gasteiger partial charge >= 0.3 is 0 Å². The average molecular weight is 387 g/mol. The lowest BCUT2D eigenvalue weighted by Crippen LogP contribution is -2.28. The van der Waals surface area contributed by atoms with Gasteiger partial charge in [0.25, 0.3) is 0 Å². The molecule has 2 aliphatic rings. The van der Waals surface area contributed by atoms with Gasteiger partial charge in [-0.3, -0.25) is 14.4 Å². The lowest BCUT2D eigenvalue weighted by Gasteiger charge is -2.17. The number of amides is 2. The summed E-state index contributed by atoms with van der Waals surface area (Å²) in [5.74, 6) is -1.62. The minimum Gasteiger partial charge on any atom is -0.309 e. The fourth-order valence-corrected chi connectivity index (χ4v) is 4.46. The molecule has 140 valence electrons. The predicted octanol–water partition coefficient (Wildman–Crippen LogP) is 3.10. The van der Waals surface area contributed by atoms with Gasteiger partial charge in [-0.05, 0) is 37.5 Å². The highest BCUT2D eigenvalue weighted by molar-refractivity contribution is 7.17. The normalized spacial score (nSPS) is 19.3. The Labute approximate surface area is 159 Å². The summed E-state index contributed by atoms with van der Waals surface area (Å²) in [5.41, 5.74) is 1.69. The van der Waals surface area contributed by atoms with Crippen LogP contribution in [0.2, 0.25) is 0 Å². The Morgan fingerprint density at radius 1 is 1.33 bits per heavy atom. The third-order valence-corrected chi connectivity index (χ3v) is 5.94. The molecular formula is C19H18FN3O3S. The molecule has 8 heteroatoms. The van der Waals surface area contributed by atoms with E-state index in [1.54, 1.807) is 19.1 Å². The number of thiazole rings is 1. The van der Waals surface area contributed by atoms with Crippen LogP contribution in [0.5, 0.6) is 0 Å². The number of Topliss-reactive ketones (excluding diaryl/α,β-unsaturated/α-hetero) is 1. The number of aromatic nitrogens is 1. The monoisotopic (exact) mass is 387 g/mol. The molecule has 4 rings (SSSR count). The van der Waals surface area contributed by atoms with Crippen LogP contribution in [0.4, 0.5) is 15.2 Å². The molecule has 1 saturated heterocycles. The number of benzene rings is 1. The molecule has 27 heavy (non-hydrogen) atoms. The standard InChI is InChI=1S/C19H18FN3O3S/c1-10-5-6-14(12(20)7-10)23-9-11(8-16(23)25)18(26)22-19-21-13-3-2-4-15(24)17(13)27-19/h5-7,11H,2-4,8-9H2,1H3,(H,21,22,26). The molecule has 2 amide bonds. The molecule has 1 atom stereocenters. The maximum Gasteiger partial charge on any atom is 0.231 e. The second-order valence-electron chi connectivity index (χ2n) is 6.92. The van der Waals surface area contributed by atoms with Crippen molar-refractivity contribution in [2.75, 3.05) is 16.8 Å². The SMILES string of the molecule is Cc1ccc(N2CC(C(=O)Nc3nc4c(s3)C(=O)CCC4)CC2=O)c(F)c1. The van der Waals surface area contributed by atoms with Crippen LogP contribution in [-0.4, -0.2) is 29.1 Å². The van der Waals surface area contributed by atoms with E-state index in [1.807, 2.05) is 0 Å². The third kappa shape index (κ3) is 3.37. The van der Waals surface area contributed by atoms with Crippen LogP contribution in [0.3, 0.4) is 0 Å². The molecule has 2 heterocycles. The summed E-state index contributed by atoms with van der Waals surface area (Å²) in [7, 11) is 0. The molecule has 1 aromatic carbocycles. The highest BCUT2D eigenvalue weighted by Crippen LogP contribution is 2.32. The highest BCUT2D eigenvalue weighted by atomic mass is 32.1. The number of hydrogen-bond donors (Lipinski definition) is 1. The van der Waals surface area contributed by atoms with Gasteiger partial charge in [0.05, 0.1) is 22.2 Å². The second kappa shape index (κ2) is 6.84. The molecule has 1 N–H and O–H groups in total. The second-order valence-corrected chi connectivity index (χ2v) is 7.92. The number of fused-ring (bicyclic) bond motifs is 1. The van der Waals surface area contributed by atoms with Gasteiger partial charge in [0.1, 0.15) is 5.82 Å². The third-order valence-electron chi connectivity index (χ3n) is 4.89. The summed E-state index contributed by atoms with van der Waals surface area (Å²) < 4.78 is 14.2. The lowest BCUT2D eigenvalue weighted by molar-refractivity contribution is -0.122. The summed E-state index contributed by atoms with van der Waals surface area (Å²) in [6, 6.07) is 4.66. The van der Waals surface area contributed by atoms with Crippen molar-refractivity contribution >= 4 is 39.8 Å². The zero-order valence-electron chi connectivity index (χ0n) is 14.8. The maximum absolute atomic E-state index is 14.2. The molecule has 1 aromatic heterocycles. The molecule has 1 unspecified atom stereocenters. The molecular weight excluding hydrogens is 369 g/mol. The van der Waals surface area contributed by atoms with Crippen molar-refractivity contribution in [3.05, 3.63) is 40.2 Å². The van der Waals surface area contributed by atoms with Crippen LogP contribution in [0.1, 0.15) is 40.2 Å². The molecule has 6 nitrogen and oxygen atoms in total. The van der Waals surface area contributed by atoms with Gasteiger partial charge in [0.2, 0.25) is 11.8 Å². The zero-order valence-corrected chi connectivity index (χ0v) is 15.6. The van der Waals surface area contributed by atoms with Gasteiger partial charge in [-0.15, -0.1) is 0 Å². The Morgan fingerprint density at radius 2 is 2.15 bits per heavy atom. The number of hydrogen-bond acceptors (Lipinski definition) is 5. The summed E-state index contributed by atoms with van der Waals surface area (Å²) in [5, 5.41) is 3.10. The molecule has 0 spiro atoms. The first-order valence-corrected chi connectivity index (χ1v) is 9.64. The van der Waals surface area contributed by atoms with Crippen molar-refractivity contribution in [3.63, 3.8) is 0 Å². The Balaban J connectivity index is 1.47. The fourth-order valence-electron chi connectivity index (χ4n) is 3.48. The van der Waals surface area contributed by atoms with Crippen molar-refractivity contribution in [2.24, 2.45) is 5.92 Å². The number of carbonyl (C=O) groups is 3. The first kappa shape index (κ1) is 17.8. The lowest BCUT2D eigenvalue weighted by atomic mass is 10.0. The highest BCUT2D eigenvalue weighted by Gasteiger charge is 2.36. The van der Waals surface area contributed by atoms with E-state index >= 15 is 0 Å². The topological polar surface area (TPSA) is 79.4 Å². The molecule has 0 radical (unpaired) electrons. The van der Waals surface area contributed by atoms with Crippen molar-refractivity contribution in [2.45, 2.75) is 32.6 Å². The number of carbonyl (C=O) groups excluding carboxylic acids is 3. The molecule has 0 bridgehead atoms. The van der Waals surface area contributed by atoms with Crippen LogP contribution < -0.4 is 10.2 Å². The Kier molecular flexibility index (Phi) is 4.51. The Hall–Kier alpha value is -2.61. The number of anilines is 2. The first-order chi connectivity index (χ1) is 12.9. The van der Waals surface area contributed by atoms with Gasteiger partial charge < -0.3 is 10.2 Å². The van der Waals surface area contributed by atoms with E-state index in [0.29, 0.717) is 16.4 Å². The minimum atomic E-state index is -0.588. The number of nitrogens with zero attached hydrogens (tertiary/aromatic N) is 2. The summed E-state index contributed by atoms with van der Waals surface area (Å²) in [4.78, 5) is 43.0. The van der Waals surface area contributed by atoms with Crippen LogP contribution in [-0.2, 0) is 16.0 Å². The van der Waals surface area contributed by atoms with E-state index in [9.17, 15) is 18.8 Å². The van der Waals surface area contributed by atoms with Gasteiger partial charge in [-0.2, -0.15) is 0 Å². The van der Waals surface area contributed by atoms with Gasteiger partial charge in [0.15, 0.2) is 10.9 Å². The van der Waals surface area contributed by atoms with Crippen LogP contribution in [0.25, 0.3) is 0 Å². The van der Waals surface area contributed by atoms with E-state index in [4.69, 9.17) is 0 Å². The Bertz CT molecular complexity index is 956.